The van der Waals surface area contributed by atoms with Crippen molar-refractivity contribution in [3.63, 3.8) is 0 Å². The quantitative estimate of drug-likeness (QED) is 0.378. The van der Waals surface area contributed by atoms with Crippen LogP contribution in [0, 0.1) is 13.8 Å². The van der Waals surface area contributed by atoms with Crippen LogP contribution in [0.1, 0.15) is 11.1 Å². The first-order valence-corrected chi connectivity index (χ1v) is 13.0. The Morgan fingerprint density at radius 2 is 0.974 bits per heavy atom. The molecule has 0 saturated carbocycles. The van der Waals surface area contributed by atoms with Crippen LogP contribution in [0.5, 0.6) is 0 Å². The minimum Gasteiger partial charge on any atom is -0.351 e. The van der Waals surface area contributed by atoms with Crippen LogP contribution in [0.3, 0.4) is 0 Å². The van der Waals surface area contributed by atoms with Gasteiger partial charge in [-0.15, -0.1) is 20.4 Å². The van der Waals surface area contributed by atoms with E-state index in [2.05, 4.69) is 68.3 Å². The van der Waals surface area contributed by atoms with Crippen molar-refractivity contribution >= 4 is 46.3 Å². The summed E-state index contributed by atoms with van der Waals surface area (Å²) in [7, 11) is 0. The highest BCUT2D eigenvalue weighted by molar-refractivity contribution is 5.93. The molecule has 0 bridgehead atoms. The summed E-state index contributed by atoms with van der Waals surface area (Å²) >= 11 is 0. The van der Waals surface area contributed by atoms with Crippen molar-refractivity contribution in [2.75, 3.05) is 62.2 Å². The van der Waals surface area contributed by atoms with E-state index in [1.807, 2.05) is 12.1 Å². The predicted molar refractivity (Wildman–Crippen MR) is 147 cm³/mol. The van der Waals surface area contributed by atoms with Crippen LogP contribution in [-0.4, -0.2) is 95.4 Å². The summed E-state index contributed by atoms with van der Waals surface area (Å²) in [6, 6.07) is 12.6. The van der Waals surface area contributed by atoms with Crippen molar-refractivity contribution in [2.24, 2.45) is 0 Å². The van der Waals surface area contributed by atoms with Gasteiger partial charge in [0.1, 0.15) is 0 Å². The van der Waals surface area contributed by atoms with Crippen molar-refractivity contribution in [3.8, 4) is 11.1 Å². The summed E-state index contributed by atoms with van der Waals surface area (Å²) in [6.07, 6.45) is 1.83. The number of hydrogen-bond donors (Lipinski definition) is 0. The highest BCUT2D eigenvalue weighted by atomic mass is 16.1. The predicted octanol–water partition coefficient (Wildman–Crippen LogP) is 2.41. The van der Waals surface area contributed by atoms with Crippen molar-refractivity contribution in [1.29, 1.82) is 0 Å². The highest BCUT2D eigenvalue weighted by Crippen LogP contribution is 2.32. The summed E-state index contributed by atoms with van der Waals surface area (Å²) in [5.74, 6) is 1.76. The third-order valence-corrected chi connectivity index (χ3v) is 7.84. The van der Waals surface area contributed by atoms with Crippen LogP contribution < -0.4 is 9.80 Å². The lowest BCUT2D eigenvalue weighted by Crippen LogP contribution is -2.46. The summed E-state index contributed by atoms with van der Waals surface area (Å²) in [5.41, 5.74) is 6.11. The largest absolute Gasteiger partial charge is 0.351 e. The SMILES string of the molecule is Cc1c(N2CCN(C=O)CC2)nnc2ccc(-c3ccc4nnc(N5CCN(C=O)CC5)c(C)c4c3)cc12. The minimum absolute atomic E-state index is 0.691. The fraction of sp³-hybridized carbons (Fsp3) is 0.357. The molecule has 2 saturated heterocycles. The van der Waals surface area contributed by atoms with Crippen molar-refractivity contribution < 1.29 is 9.59 Å². The maximum absolute atomic E-state index is 11.1. The van der Waals surface area contributed by atoms with E-state index < -0.39 is 0 Å². The van der Waals surface area contributed by atoms with E-state index in [-0.39, 0.29) is 0 Å². The van der Waals surface area contributed by atoms with Crippen LogP contribution in [0.15, 0.2) is 36.4 Å². The fourth-order valence-electron chi connectivity index (χ4n) is 5.48. The number of piperazine rings is 2. The van der Waals surface area contributed by atoms with Gasteiger partial charge < -0.3 is 19.6 Å². The number of carbonyl (C=O) groups is 2. The van der Waals surface area contributed by atoms with Crippen LogP contribution in [-0.2, 0) is 9.59 Å². The standard InChI is InChI=1S/C28H30N8O2/c1-19-23-15-21(3-5-25(23)29-31-27(19)35-11-7-33(17-37)8-12-35)22-4-6-26-24(16-22)20(2)28(32-30-26)36-13-9-34(18-38)10-14-36/h3-6,15-18H,7-14H2,1-2H3. The molecule has 38 heavy (non-hydrogen) atoms. The molecule has 2 aromatic carbocycles. The third-order valence-electron chi connectivity index (χ3n) is 7.84. The van der Waals surface area contributed by atoms with Gasteiger partial charge in [-0.3, -0.25) is 9.59 Å². The zero-order chi connectivity index (χ0) is 26.2. The van der Waals surface area contributed by atoms with Gasteiger partial charge in [-0.25, -0.2) is 0 Å². The van der Waals surface area contributed by atoms with E-state index in [1.165, 1.54) is 0 Å². The van der Waals surface area contributed by atoms with Crippen LogP contribution in [0.4, 0.5) is 11.6 Å². The normalized spacial score (nSPS) is 16.4. The molecular weight excluding hydrogens is 480 g/mol. The fourth-order valence-corrected chi connectivity index (χ4v) is 5.48. The van der Waals surface area contributed by atoms with Gasteiger partial charge in [0.15, 0.2) is 11.6 Å². The Morgan fingerprint density at radius 3 is 1.34 bits per heavy atom. The molecular formula is C28H30N8O2. The molecule has 2 aliphatic rings. The molecule has 2 amide bonds. The average Bonchev–Trinajstić information content (AvgIpc) is 2.97. The molecule has 6 rings (SSSR count). The van der Waals surface area contributed by atoms with Crippen molar-refractivity contribution in [2.45, 2.75) is 13.8 Å². The van der Waals surface area contributed by atoms with E-state index in [4.69, 9.17) is 0 Å². The number of amides is 2. The molecule has 0 aliphatic carbocycles. The van der Waals surface area contributed by atoms with Crippen LogP contribution in [0.2, 0.25) is 0 Å². The summed E-state index contributed by atoms with van der Waals surface area (Å²) in [5, 5.41) is 20.2. The number of aromatic nitrogens is 4. The number of benzene rings is 2. The monoisotopic (exact) mass is 510 g/mol. The average molecular weight is 511 g/mol. The van der Waals surface area contributed by atoms with Gasteiger partial charge in [-0.1, -0.05) is 12.1 Å². The van der Waals surface area contributed by atoms with Crippen molar-refractivity contribution in [3.05, 3.63) is 47.5 Å². The second-order valence-corrected chi connectivity index (χ2v) is 10.0. The number of hydrogen-bond acceptors (Lipinski definition) is 8. The Bertz CT molecular complexity index is 1410. The molecule has 0 unspecified atom stereocenters. The second-order valence-electron chi connectivity index (χ2n) is 10.0. The maximum atomic E-state index is 11.1. The summed E-state index contributed by atoms with van der Waals surface area (Å²) in [4.78, 5) is 30.2. The summed E-state index contributed by atoms with van der Waals surface area (Å²) < 4.78 is 0. The van der Waals surface area contributed by atoms with Gasteiger partial charge in [0.05, 0.1) is 11.0 Å². The first-order chi connectivity index (χ1) is 18.6. The van der Waals surface area contributed by atoms with E-state index >= 15 is 0 Å². The number of rotatable bonds is 5. The second kappa shape index (κ2) is 9.85. The number of carbonyl (C=O) groups excluding carboxylic acids is 2. The van der Waals surface area contributed by atoms with Gasteiger partial charge in [0.2, 0.25) is 12.8 Å². The molecule has 10 nitrogen and oxygen atoms in total. The number of anilines is 2. The molecule has 0 radical (unpaired) electrons. The van der Waals surface area contributed by atoms with Crippen molar-refractivity contribution in [1.82, 2.24) is 30.2 Å². The maximum Gasteiger partial charge on any atom is 0.209 e. The number of fused-ring (bicyclic) bond motifs is 2. The van der Waals surface area contributed by atoms with Gasteiger partial charge in [-0.05, 0) is 49.2 Å². The van der Waals surface area contributed by atoms with E-state index in [9.17, 15) is 9.59 Å². The Morgan fingerprint density at radius 1 is 0.579 bits per heavy atom. The lowest BCUT2D eigenvalue weighted by Gasteiger charge is -2.34. The first kappa shape index (κ1) is 24.0. The zero-order valence-electron chi connectivity index (χ0n) is 21.7. The topological polar surface area (TPSA) is 98.7 Å². The number of aryl methyl sites for hydroxylation is 2. The zero-order valence-corrected chi connectivity index (χ0v) is 21.7. The third kappa shape index (κ3) is 4.25. The molecule has 0 atom stereocenters. The molecule has 0 spiro atoms. The molecule has 4 aromatic rings. The molecule has 0 N–H and O–H groups in total. The molecule has 4 heterocycles. The summed E-state index contributed by atoms with van der Waals surface area (Å²) in [6.45, 7) is 9.95. The van der Waals surface area contributed by atoms with E-state index in [0.29, 0.717) is 26.2 Å². The minimum atomic E-state index is 0.691. The highest BCUT2D eigenvalue weighted by Gasteiger charge is 2.22. The van der Waals surface area contributed by atoms with E-state index in [0.717, 1.165) is 94.7 Å². The number of nitrogens with zero attached hydrogens (tertiary/aromatic N) is 8. The molecule has 10 heteroatoms. The Hall–Kier alpha value is -4.34. The Labute approximate surface area is 220 Å². The van der Waals surface area contributed by atoms with Gasteiger partial charge in [0.25, 0.3) is 0 Å². The van der Waals surface area contributed by atoms with Gasteiger partial charge >= 0.3 is 0 Å². The Kier molecular flexibility index (Phi) is 6.22. The van der Waals surface area contributed by atoms with Crippen LogP contribution in [0.25, 0.3) is 32.9 Å². The van der Waals surface area contributed by atoms with Gasteiger partial charge in [-0.2, -0.15) is 0 Å². The lowest BCUT2D eigenvalue weighted by molar-refractivity contribution is -0.119. The Balaban J connectivity index is 1.34. The molecule has 2 fully saturated rings. The molecule has 2 aliphatic heterocycles. The van der Waals surface area contributed by atoms with Gasteiger partial charge in [0, 0.05) is 74.3 Å². The van der Waals surface area contributed by atoms with E-state index in [1.54, 1.807) is 9.80 Å². The molecule has 2 aromatic heterocycles. The van der Waals surface area contributed by atoms with Crippen LogP contribution >= 0.6 is 0 Å². The first-order valence-electron chi connectivity index (χ1n) is 13.0. The smallest absolute Gasteiger partial charge is 0.209 e. The molecule has 194 valence electrons. The lowest BCUT2D eigenvalue weighted by atomic mass is 9.98.